The number of ether oxygens (including phenoxy) is 1. The number of piperidine rings is 1. The first-order valence-corrected chi connectivity index (χ1v) is 7.30. The molecule has 1 aromatic rings. The number of esters is 1. The second-order valence-corrected chi connectivity index (χ2v) is 5.50. The first kappa shape index (κ1) is 15.5. The van der Waals surface area contributed by atoms with Crippen LogP contribution in [-0.2, 0) is 20.7 Å². The fourth-order valence-electron chi connectivity index (χ4n) is 2.81. The fraction of sp³-hybridized carbons (Fsp3) is 0.667. The van der Waals surface area contributed by atoms with Crippen molar-refractivity contribution in [3.8, 4) is 0 Å². The maximum atomic E-state index is 12.3. The number of rotatable bonds is 4. The van der Waals surface area contributed by atoms with Gasteiger partial charge in [-0.05, 0) is 33.1 Å². The molecule has 0 saturated carbocycles. The Bertz CT molecular complexity index is 504. The average molecular weight is 294 g/mol. The van der Waals surface area contributed by atoms with Crippen molar-refractivity contribution >= 4 is 11.9 Å². The Morgan fingerprint density at radius 1 is 1.43 bits per heavy atom. The van der Waals surface area contributed by atoms with Crippen molar-refractivity contribution in [3.63, 3.8) is 0 Å². The number of aromatic nitrogens is 1. The molecule has 1 aliphatic heterocycles. The van der Waals surface area contributed by atoms with E-state index in [-0.39, 0.29) is 17.8 Å². The molecule has 1 aromatic heterocycles. The standard InChI is InChI=1S/C15H22N2O4/c1-10-13(11(2)21-16-10)6-7-14(18)17-8-4-5-12(9-17)15(19)20-3/h12H,4-9H2,1-3H3. The summed E-state index contributed by atoms with van der Waals surface area (Å²) in [5, 5.41) is 3.89. The van der Waals surface area contributed by atoms with Crippen LogP contribution in [0, 0.1) is 19.8 Å². The molecular formula is C15H22N2O4. The molecule has 0 aliphatic carbocycles. The molecule has 6 heteroatoms. The van der Waals surface area contributed by atoms with E-state index in [9.17, 15) is 9.59 Å². The molecule has 0 spiro atoms. The van der Waals surface area contributed by atoms with Crippen LogP contribution >= 0.6 is 0 Å². The largest absolute Gasteiger partial charge is 0.469 e. The van der Waals surface area contributed by atoms with Crippen LogP contribution in [0.25, 0.3) is 0 Å². The van der Waals surface area contributed by atoms with Crippen molar-refractivity contribution < 1.29 is 18.8 Å². The smallest absolute Gasteiger partial charge is 0.310 e. The van der Waals surface area contributed by atoms with E-state index >= 15 is 0 Å². The minimum Gasteiger partial charge on any atom is -0.469 e. The summed E-state index contributed by atoms with van der Waals surface area (Å²) in [5.74, 6) is 0.431. The summed E-state index contributed by atoms with van der Waals surface area (Å²) < 4.78 is 9.87. The Balaban J connectivity index is 1.90. The molecule has 1 saturated heterocycles. The van der Waals surface area contributed by atoms with Gasteiger partial charge in [-0.3, -0.25) is 9.59 Å². The summed E-state index contributed by atoms with van der Waals surface area (Å²) in [6.07, 6.45) is 2.67. The molecule has 1 unspecified atom stereocenters. The molecule has 21 heavy (non-hydrogen) atoms. The quantitative estimate of drug-likeness (QED) is 0.789. The first-order chi connectivity index (χ1) is 10.0. The van der Waals surface area contributed by atoms with Crippen LogP contribution < -0.4 is 0 Å². The third-order valence-electron chi connectivity index (χ3n) is 4.08. The van der Waals surface area contributed by atoms with Gasteiger partial charge in [0.05, 0.1) is 18.7 Å². The number of aryl methyl sites for hydroxylation is 2. The molecule has 2 heterocycles. The van der Waals surface area contributed by atoms with E-state index < -0.39 is 0 Å². The van der Waals surface area contributed by atoms with Crippen molar-refractivity contribution in [2.75, 3.05) is 20.2 Å². The van der Waals surface area contributed by atoms with E-state index in [0.717, 1.165) is 29.9 Å². The molecule has 0 aromatic carbocycles. The number of nitrogens with zero attached hydrogens (tertiary/aromatic N) is 2. The molecule has 116 valence electrons. The summed E-state index contributed by atoms with van der Waals surface area (Å²) in [5.41, 5.74) is 1.84. The molecule has 1 amide bonds. The zero-order valence-corrected chi connectivity index (χ0v) is 12.8. The van der Waals surface area contributed by atoms with Crippen LogP contribution in [0.15, 0.2) is 4.52 Å². The lowest BCUT2D eigenvalue weighted by atomic mass is 9.97. The van der Waals surface area contributed by atoms with E-state index in [0.29, 0.717) is 25.9 Å². The second kappa shape index (κ2) is 6.74. The molecule has 1 atom stereocenters. The zero-order valence-electron chi connectivity index (χ0n) is 12.8. The molecular weight excluding hydrogens is 272 g/mol. The van der Waals surface area contributed by atoms with Crippen LogP contribution in [0.2, 0.25) is 0 Å². The van der Waals surface area contributed by atoms with Gasteiger partial charge in [-0.25, -0.2) is 0 Å². The Labute approximate surface area is 124 Å². The van der Waals surface area contributed by atoms with Crippen molar-refractivity contribution in [2.24, 2.45) is 5.92 Å². The zero-order chi connectivity index (χ0) is 15.4. The van der Waals surface area contributed by atoms with E-state index in [4.69, 9.17) is 9.26 Å². The highest BCUT2D eigenvalue weighted by Crippen LogP contribution is 2.20. The van der Waals surface area contributed by atoms with Gasteiger partial charge in [0.2, 0.25) is 5.91 Å². The van der Waals surface area contributed by atoms with Crippen LogP contribution in [0.4, 0.5) is 0 Å². The van der Waals surface area contributed by atoms with Crippen molar-refractivity contribution in [2.45, 2.75) is 39.5 Å². The van der Waals surface area contributed by atoms with Gasteiger partial charge in [0, 0.05) is 25.1 Å². The van der Waals surface area contributed by atoms with Gasteiger partial charge >= 0.3 is 5.97 Å². The van der Waals surface area contributed by atoms with E-state index in [1.165, 1.54) is 7.11 Å². The molecule has 1 fully saturated rings. The summed E-state index contributed by atoms with van der Waals surface area (Å²) in [7, 11) is 1.39. The Hall–Kier alpha value is -1.85. The maximum absolute atomic E-state index is 12.3. The predicted molar refractivity (Wildman–Crippen MR) is 75.6 cm³/mol. The minimum atomic E-state index is -0.224. The lowest BCUT2D eigenvalue weighted by molar-refractivity contribution is -0.149. The normalized spacial score (nSPS) is 18.6. The van der Waals surface area contributed by atoms with Crippen molar-refractivity contribution in [3.05, 3.63) is 17.0 Å². The Morgan fingerprint density at radius 2 is 2.19 bits per heavy atom. The first-order valence-electron chi connectivity index (χ1n) is 7.30. The monoisotopic (exact) mass is 294 g/mol. The Kier molecular flexibility index (Phi) is 4.98. The number of likely N-dealkylation sites (tertiary alicyclic amines) is 1. The van der Waals surface area contributed by atoms with Crippen molar-refractivity contribution in [1.82, 2.24) is 10.1 Å². The summed E-state index contributed by atoms with van der Waals surface area (Å²) >= 11 is 0. The topological polar surface area (TPSA) is 72.6 Å². The molecule has 1 aliphatic rings. The number of hydrogen-bond donors (Lipinski definition) is 0. The van der Waals surface area contributed by atoms with Crippen LogP contribution in [0.5, 0.6) is 0 Å². The number of hydrogen-bond acceptors (Lipinski definition) is 5. The van der Waals surface area contributed by atoms with Crippen LogP contribution in [0.3, 0.4) is 0 Å². The van der Waals surface area contributed by atoms with Crippen LogP contribution in [-0.4, -0.2) is 42.1 Å². The average Bonchev–Trinajstić information content (AvgIpc) is 2.83. The fourth-order valence-corrected chi connectivity index (χ4v) is 2.81. The number of amides is 1. The second-order valence-electron chi connectivity index (χ2n) is 5.50. The molecule has 6 nitrogen and oxygen atoms in total. The summed E-state index contributed by atoms with van der Waals surface area (Å²) in [6.45, 7) is 4.92. The van der Waals surface area contributed by atoms with Crippen LogP contribution in [0.1, 0.15) is 36.3 Å². The lowest BCUT2D eigenvalue weighted by Crippen LogP contribution is -2.42. The number of carbonyl (C=O) groups excluding carboxylic acids is 2. The van der Waals surface area contributed by atoms with Gasteiger partial charge < -0.3 is 14.2 Å². The highest BCUT2D eigenvalue weighted by molar-refractivity contribution is 5.78. The third kappa shape index (κ3) is 3.62. The van der Waals surface area contributed by atoms with Gasteiger partial charge in [0.25, 0.3) is 0 Å². The lowest BCUT2D eigenvalue weighted by Gasteiger charge is -2.31. The molecule has 0 N–H and O–H groups in total. The number of carbonyl (C=O) groups is 2. The maximum Gasteiger partial charge on any atom is 0.310 e. The Morgan fingerprint density at radius 3 is 2.81 bits per heavy atom. The minimum absolute atomic E-state index is 0.0728. The van der Waals surface area contributed by atoms with Crippen molar-refractivity contribution in [1.29, 1.82) is 0 Å². The van der Waals surface area contributed by atoms with Gasteiger partial charge in [-0.2, -0.15) is 0 Å². The third-order valence-corrected chi connectivity index (χ3v) is 4.08. The molecule has 0 bridgehead atoms. The van der Waals surface area contributed by atoms with Gasteiger partial charge in [-0.1, -0.05) is 5.16 Å². The van der Waals surface area contributed by atoms with E-state index in [1.54, 1.807) is 4.90 Å². The van der Waals surface area contributed by atoms with Gasteiger partial charge in [0.15, 0.2) is 0 Å². The highest BCUT2D eigenvalue weighted by Gasteiger charge is 2.28. The predicted octanol–water partition coefficient (Wildman–Crippen LogP) is 1.64. The number of methoxy groups -OCH3 is 1. The highest BCUT2D eigenvalue weighted by atomic mass is 16.5. The molecule has 2 rings (SSSR count). The van der Waals surface area contributed by atoms with E-state index in [2.05, 4.69) is 5.16 Å². The van der Waals surface area contributed by atoms with Gasteiger partial charge in [0.1, 0.15) is 5.76 Å². The SMILES string of the molecule is COC(=O)C1CCCN(C(=O)CCc2c(C)noc2C)C1. The van der Waals surface area contributed by atoms with Gasteiger partial charge in [-0.15, -0.1) is 0 Å². The summed E-state index contributed by atoms with van der Waals surface area (Å²) in [6, 6.07) is 0. The molecule has 0 radical (unpaired) electrons. The van der Waals surface area contributed by atoms with E-state index in [1.807, 2.05) is 13.8 Å². The summed E-state index contributed by atoms with van der Waals surface area (Å²) in [4.78, 5) is 25.7.